The van der Waals surface area contributed by atoms with Crippen molar-refractivity contribution in [1.82, 2.24) is 8.61 Å². The van der Waals surface area contributed by atoms with Crippen LogP contribution in [0.5, 0.6) is 0 Å². The molecule has 14 heteroatoms. The summed E-state index contributed by atoms with van der Waals surface area (Å²) >= 11 is 12.4. The Labute approximate surface area is 213 Å². The summed E-state index contributed by atoms with van der Waals surface area (Å²) in [7, 11) is -7.76. The zero-order valence-electron chi connectivity index (χ0n) is 18.4. The van der Waals surface area contributed by atoms with Gasteiger partial charge in [0.15, 0.2) is 0 Å². The van der Waals surface area contributed by atoms with E-state index in [0.717, 1.165) is 6.07 Å². The third kappa shape index (κ3) is 5.65. The van der Waals surface area contributed by atoms with E-state index in [2.05, 4.69) is 5.32 Å². The van der Waals surface area contributed by atoms with E-state index in [1.54, 1.807) is 0 Å². The van der Waals surface area contributed by atoms with Gasteiger partial charge in [0.25, 0.3) is 5.91 Å². The zero-order valence-corrected chi connectivity index (χ0v) is 21.6. The van der Waals surface area contributed by atoms with Gasteiger partial charge < -0.3 is 14.8 Å². The van der Waals surface area contributed by atoms with Crippen LogP contribution in [-0.4, -0.2) is 84.0 Å². The average molecular weight is 564 g/mol. The SMILES string of the molecule is O=C(Nc1cccc(S(=O)(=O)N2CCOCC2)c1)c1cc(S(=O)(=O)N2CCOCC2)c(Cl)cc1Cl. The van der Waals surface area contributed by atoms with E-state index in [4.69, 9.17) is 32.7 Å². The molecule has 2 aromatic rings. The first-order chi connectivity index (χ1) is 16.6. The Bertz CT molecular complexity index is 1320. The van der Waals surface area contributed by atoms with Crippen molar-refractivity contribution in [2.24, 2.45) is 0 Å². The molecule has 0 radical (unpaired) electrons. The molecule has 1 N–H and O–H groups in total. The van der Waals surface area contributed by atoms with Crippen LogP contribution in [0.25, 0.3) is 0 Å². The highest BCUT2D eigenvalue weighted by Crippen LogP contribution is 2.32. The molecule has 4 rings (SSSR count). The van der Waals surface area contributed by atoms with Gasteiger partial charge >= 0.3 is 0 Å². The van der Waals surface area contributed by atoms with Crippen LogP contribution in [0.15, 0.2) is 46.2 Å². The van der Waals surface area contributed by atoms with Crippen LogP contribution in [0.2, 0.25) is 10.0 Å². The predicted molar refractivity (Wildman–Crippen MR) is 130 cm³/mol. The van der Waals surface area contributed by atoms with Crippen molar-refractivity contribution in [3.63, 3.8) is 0 Å². The minimum absolute atomic E-state index is 0.00925. The lowest BCUT2D eigenvalue weighted by atomic mass is 10.2. The van der Waals surface area contributed by atoms with Crippen molar-refractivity contribution < 1.29 is 31.1 Å². The fraction of sp³-hybridized carbons (Fsp3) is 0.381. The van der Waals surface area contributed by atoms with Gasteiger partial charge in [0.05, 0.1) is 46.9 Å². The van der Waals surface area contributed by atoms with Gasteiger partial charge in [-0.1, -0.05) is 29.3 Å². The molecular weight excluding hydrogens is 541 g/mol. The number of nitrogens with zero attached hydrogens (tertiary/aromatic N) is 2. The monoisotopic (exact) mass is 563 g/mol. The Morgan fingerprint density at radius 1 is 0.800 bits per heavy atom. The summed E-state index contributed by atoms with van der Waals surface area (Å²) in [6, 6.07) is 8.11. The fourth-order valence-electron chi connectivity index (χ4n) is 3.70. The molecule has 0 atom stereocenters. The van der Waals surface area contributed by atoms with Crippen molar-refractivity contribution in [2.45, 2.75) is 9.79 Å². The molecule has 2 heterocycles. The molecule has 2 aliphatic heterocycles. The number of hydrogen-bond donors (Lipinski definition) is 1. The van der Waals surface area contributed by atoms with E-state index in [1.165, 1.54) is 38.9 Å². The van der Waals surface area contributed by atoms with Gasteiger partial charge in [-0.15, -0.1) is 0 Å². The largest absolute Gasteiger partial charge is 0.379 e. The first kappa shape index (κ1) is 26.3. The van der Waals surface area contributed by atoms with Crippen LogP contribution in [0.4, 0.5) is 5.69 Å². The van der Waals surface area contributed by atoms with Gasteiger partial charge in [-0.2, -0.15) is 8.61 Å². The normalized spacial score (nSPS) is 18.3. The quantitative estimate of drug-likeness (QED) is 0.572. The number of carbonyl (C=O) groups excluding carboxylic acids is 1. The molecule has 1 amide bonds. The highest BCUT2D eigenvalue weighted by atomic mass is 35.5. The third-order valence-corrected chi connectivity index (χ3v) is 10.1. The maximum atomic E-state index is 13.1. The molecule has 0 bridgehead atoms. The number of morpholine rings is 2. The van der Waals surface area contributed by atoms with E-state index in [9.17, 15) is 21.6 Å². The molecule has 2 fully saturated rings. The zero-order chi connectivity index (χ0) is 25.2. The molecule has 35 heavy (non-hydrogen) atoms. The van der Waals surface area contributed by atoms with Gasteiger partial charge in [0.2, 0.25) is 20.0 Å². The minimum Gasteiger partial charge on any atom is -0.379 e. The summed E-state index contributed by atoms with van der Waals surface area (Å²) < 4.78 is 65.0. The standard InChI is InChI=1S/C21H23Cl2N3O7S2/c22-18-14-19(23)20(35(30,31)26-6-10-33-11-7-26)13-17(18)21(27)24-15-2-1-3-16(12-15)34(28,29)25-4-8-32-9-5-25/h1-3,12-14H,4-11H2,(H,24,27). The second-order valence-corrected chi connectivity index (χ2v) is 12.4. The summed E-state index contributed by atoms with van der Waals surface area (Å²) in [6.45, 7) is 1.91. The number of nitrogens with one attached hydrogen (secondary N) is 1. The van der Waals surface area contributed by atoms with E-state index < -0.39 is 26.0 Å². The topological polar surface area (TPSA) is 122 Å². The molecule has 190 valence electrons. The van der Waals surface area contributed by atoms with Crippen molar-refractivity contribution in [3.05, 3.63) is 52.0 Å². The number of amides is 1. The first-order valence-electron chi connectivity index (χ1n) is 10.7. The number of ether oxygens (including phenoxy) is 2. The number of sulfonamides is 2. The lowest BCUT2D eigenvalue weighted by Gasteiger charge is -2.26. The van der Waals surface area contributed by atoms with E-state index in [0.29, 0.717) is 13.2 Å². The summed E-state index contributed by atoms with van der Waals surface area (Å²) in [5, 5.41) is 2.42. The van der Waals surface area contributed by atoms with Crippen LogP contribution in [-0.2, 0) is 29.5 Å². The highest BCUT2D eigenvalue weighted by molar-refractivity contribution is 7.89. The summed E-state index contributed by atoms with van der Waals surface area (Å²) in [5.74, 6) is -0.717. The lowest BCUT2D eigenvalue weighted by molar-refractivity contribution is 0.0730. The first-order valence-corrected chi connectivity index (χ1v) is 14.3. The second kappa shape index (κ2) is 10.7. The number of carbonyl (C=O) groups is 1. The molecule has 10 nitrogen and oxygen atoms in total. The smallest absolute Gasteiger partial charge is 0.257 e. The molecule has 0 aliphatic carbocycles. The fourth-order valence-corrected chi connectivity index (χ4v) is 7.39. The Morgan fingerprint density at radius 2 is 1.37 bits per heavy atom. The summed E-state index contributed by atoms with van der Waals surface area (Å²) in [4.78, 5) is 12.8. The van der Waals surface area contributed by atoms with Crippen molar-refractivity contribution in [2.75, 3.05) is 57.9 Å². The van der Waals surface area contributed by atoms with Gasteiger partial charge in [0.1, 0.15) is 4.90 Å². The van der Waals surface area contributed by atoms with E-state index in [-0.39, 0.29) is 70.5 Å². The molecule has 0 spiro atoms. The highest BCUT2D eigenvalue weighted by Gasteiger charge is 2.30. The van der Waals surface area contributed by atoms with Crippen molar-refractivity contribution in [1.29, 1.82) is 0 Å². The predicted octanol–water partition coefficient (Wildman–Crippen LogP) is 2.29. The van der Waals surface area contributed by atoms with Crippen molar-refractivity contribution in [3.8, 4) is 0 Å². The number of hydrogen-bond acceptors (Lipinski definition) is 7. The van der Waals surface area contributed by atoms with Crippen LogP contribution < -0.4 is 5.32 Å². The average Bonchev–Trinajstić information content (AvgIpc) is 2.85. The van der Waals surface area contributed by atoms with Crippen LogP contribution in [0, 0.1) is 0 Å². The second-order valence-electron chi connectivity index (χ2n) is 7.78. The Kier molecular flexibility index (Phi) is 8.03. The van der Waals surface area contributed by atoms with Crippen molar-refractivity contribution >= 4 is 54.8 Å². The third-order valence-electron chi connectivity index (χ3n) is 5.55. The lowest BCUT2D eigenvalue weighted by Crippen LogP contribution is -2.40. The Hall–Kier alpha value is -1.77. The minimum atomic E-state index is -3.99. The number of anilines is 1. The molecule has 2 aliphatic rings. The molecule has 0 unspecified atom stereocenters. The maximum absolute atomic E-state index is 13.1. The number of halogens is 2. The van der Waals surface area contributed by atoms with E-state index in [1.807, 2.05) is 0 Å². The molecule has 2 aromatic carbocycles. The van der Waals surface area contributed by atoms with Gasteiger partial charge in [0, 0.05) is 31.9 Å². The number of benzene rings is 2. The van der Waals surface area contributed by atoms with Crippen LogP contribution >= 0.6 is 23.2 Å². The van der Waals surface area contributed by atoms with Gasteiger partial charge in [-0.05, 0) is 30.3 Å². The number of rotatable bonds is 6. The van der Waals surface area contributed by atoms with Gasteiger partial charge in [-0.3, -0.25) is 4.79 Å². The maximum Gasteiger partial charge on any atom is 0.257 e. The Balaban J connectivity index is 1.60. The molecule has 0 aromatic heterocycles. The van der Waals surface area contributed by atoms with E-state index >= 15 is 0 Å². The van der Waals surface area contributed by atoms with Crippen LogP contribution in [0.3, 0.4) is 0 Å². The van der Waals surface area contributed by atoms with Crippen LogP contribution in [0.1, 0.15) is 10.4 Å². The summed E-state index contributed by atoms with van der Waals surface area (Å²) in [6.07, 6.45) is 0. The summed E-state index contributed by atoms with van der Waals surface area (Å²) in [5.41, 5.74) is 0.0808. The molecule has 2 saturated heterocycles. The molecular formula is C21H23Cl2N3O7S2. The molecule has 0 saturated carbocycles. The van der Waals surface area contributed by atoms with Gasteiger partial charge in [-0.25, -0.2) is 16.8 Å². The Morgan fingerprint density at radius 3 is 1.97 bits per heavy atom.